The van der Waals surface area contributed by atoms with Gasteiger partial charge in [-0.25, -0.2) is 4.79 Å². The van der Waals surface area contributed by atoms with Gasteiger partial charge in [-0.2, -0.15) is 0 Å². The first-order valence-electron chi connectivity index (χ1n) is 11.1. The number of likely N-dealkylation sites (N-methyl/N-ethyl adjacent to an activating group) is 1. The van der Waals surface area contributed by atoms with E-state index in [9.17, 15) is 19.5 Å². The van der Waals surface area contributed by atoms with Gasteiger partial charge in [0.2, 0.25) is 5.91 Å². The van der Waals surface area contributed by atoms with Gasteiger partial charge in [0.05, 0.1) is 12.5 Å². The number of ether oxygens (including phenoxy) is 2. The molecule has 0 saturated carbocycles. The molecule has 0 aromatic heterocycles. The molecule has 4 rings (SSSR count). The van der Waals surface area contributed by atoms with Gasteiger partial charge in [0, 0.05) is 26.1 Å². The van der Waals surface area contributed by atoms with E-state index in [0.29, 0.717) is 13.2 Å². The Morgan fingerprint density at radius 1 is 1.12 bits per heavy atom. The Morgan fingerprint density at radius 2 is 1.76 bits per heavy atom. The zero-order valence-corrected chi connectivity index (χ0v) is 18.5. The van der Waals surface area contributed by atoms with Crippen LogP contribution in [0.2, 0.25) is 0 Å². The summed E-state index contributed by atoms with van der Waals surface area (Å²) in [7, 11) is 1.58. The summed E-state index contributed by atoms with van der Waals surface area (Å²) in [5.74, 6) is -1.79. The molecule has 0 radical (unpaired) electrons. The highest BCUT2D eigenvalue weighted by Gasteiger charge is 2.31. The molecular weight excluding hydrogens is 424 g/mol. The Hall–Kier alpha value is -3.39. The van der Waals surface area contributed by atoms with Crippen LogP contribution >= 0.6 is 0 Å². The average Bonchev–Trinajstić information content (AvgIpc) is 3.42. The number of carbonyl (C=O) groups is 3. The molecule has 1 saturated heterocycles. The van der Waals surface area contributed by atoms with Gasteiger partial charge in [-0.3, -0.25) is 9.59 Å². The second-order valence-electron chi connectivity index (χ2n) is 8.47. The zero-order chi connectivity index (χ0) is 23.4. The van der Waals surface area contributed by atoms with E-state index in [4.69, 9.17) is 9.47 Å². The fourth-order valence-corrected chi connectivity index (χ4v) is 4.61. The van der Waals surface area contributed by atoms with Gasteiger partial charge in [0.15, 0.2) is 0 Å². The van der Waals surface area contributed by atoms with Gasteiger partial charge in [0.25, 0.3) is 0 Å². The molecule has 8 heteroatoms. The zero-order valence-electron chi connectivity index (χ0n) is 18.5. The molecule has 1 aliphatic heterocycles. The van der Waals surface area contributed by atoms with Crippen molar-refractivity contribution in [1.82, 2.24) is 10.2 Å². The maximum atomic E-state index is 12.8. The lowest BCUT2D eigenvalue weighted by molar-refractivity contribution is -0.142. The summed E-state index contributed by atoms with van der Waals surface area (Å²) in [6.07, 6.45) is 0.365. The predicted octanol–water partition coefficient (Wildman–Crippen LogP) is 3.01. The summed E-state index contributed by atoms with van der Waals surface area (Å²) in [5.41, 5.74) is 4.36. The predicted molar refractivity (Wildman–Crippen MR) is 121 cm³/mol. The lowest BCUT2D eigenvalue weighted by Gasteiger charge is -2.25. The number of carboxylic acid groups (broad SMARTS) is 1. The number of hydrogen-bond acceptors (Lipinski definition) is 5. The topological polar surface area (TPSA) is 105 Å². The van der Waals surface area contributed by atoms with Crippen molar-refractivity contribution in [3.8, 4) is 11.1 Å². The summed E-state index contributed by atoms with van der Waals surface area (Å²) in [6, 6.07) is 14.7. The van der Waals surface area contributed by atoms with Crippen LogP contribution in [-0.2, 0) is 19.1 Å². The molecule has 2 atom stereocenters. The number of benzene rings is 2. The molecule has 0 spiro atoms. The number of nitrogens with zero attached hydrogens (tertiary/aromatic N) is 1. The standard InChI is InChI=1S/C25H28N2O6/c1-27(14-16-7-6-12-32-16)24(30)22(13-23(28)29)26-25(31)33-15-21-19-10-4-2-8-17(19)18-9-3-5-11-20(18)21/h2-5,8-11,16,21-22H,6-7,12-15H2,1H3,(H,26,31)(H,28,29). The third-order valence-corrected chi connectivity index (χ3v) is 6.19. The second kappa shape index (κ2) is 10.0. The van der Waals surface area contributed by atoms with Crippen molar-refractivity contribution >= 4 is 18.0 Å². The van der Waals surface area contributed by atoms with Crippen LogP contribution in [0.5, 0.6) is 0 Å². The fraction of sp³-hybridized carbons (Fsp3) is 0.400. The average molecular weight is 453 g/mol. The van der Waals surface area contributed by atoms with Crippen LogP contribution in [0, 0.1) is 0 Å². The smallest absolute Gasteiger partial charge is 0.407 e. The van der Waals surface area contributed by atoms with Crippen LogP contribution in [-0.4, -0.2) is 66.9 Å². The number of alkyl carbamates (subject to hydrolysis) is 1. The van der Waals surface area contributed by atoms with E-state index in [0.717, 1.165) is 35.1 Å². The van der Waals surface area contributed by atoms with Gasteiger partial charge in [-0.15, -0.1) is 0 Å². The summed E-state index contributed by atoms with van der Waals surface area (Å²) in [4.78, 5) is 38.1. The monoisotopic (exact) mass is 452 g/mol. The fourth-order valence-electron chi connectivity index (χ4n) is 4.61. The molecule has 2 unspecified atom stereocenters. The van der Waals surface area contributed by atoms with Crippen LogP contribution in [0.3, 0.4) is 0 Å². The molecule has 33 heavy (non-hydrogen) atoms. The minimum absolute atomic E-state index is 0.0705. The molecule has 1 heterocycles. The summed E-state index contributed by atoms with van der Waals surface area (Å²) >= 11 is 0. The van der Waals surface area contributed by atoms with Crippen molar-refractivity contribution in [3.63, 3.8) is 0 Å². The minimum Gasteiger partial charge on any atom is -0.481 e. The molecule has 2 aromatic rings. The number of nitrogens with one attached hydrogen (secondary N) is 1. The van der Waals surface area contributed by atoms with Crippen molar-refractivity contribution in [2.75, 3.05) is 26.8 Å². The molecule has 2 amide bonds. The molecule has 2 aliphatic rings. The largest absolute Gasteiger partial charge is 0.481 e. The van der Waals surface area contributed by atoms with Crippen LogP contribution in [0.25, 0.3) is 11.1 Å². The highest BCUT2D eigenvalue weighted by molar-refractivity contribution is 5.89. The van der Waals surface area contributed by atoms with Crippen LogP contribution in [0.1, 0.15) is 36.3 Å². The van der Waals surface area contributed by atoms with Crippen molar-refractivity contribution in [2.45, 2.75) is 37.3 Å². The first-order chi connectivity index (χ1) is 15.9. The van der Waals surface area contributed by atoms with Crippen LogP contribution in [0.4, 0.5) is 4.79 Å². The molecule has 1 aliphatic carbocycles. The first kappa shape index (κ1) is 22.8. The summed E-state index contributed by atoms with van der Waals surface area (Å²) in [5, 5.41) is 11.7. The molecule has 8 nitrogen and oxygen atoms in total. The highest BCUT2D eigenvalue weighted by atomic mass is 16.5. The quantitative estimate of drug-likeness (QED) is 0.638. The van der Waals surface area contributed by atoms with E-state index in [1.54, 1.807) is 7.05 Å². The number of amides is 2. The van der Waals surface area contributed by atoms with E-state index in [1.807, 2.05) is 48.5 Å². The van der Waals surface area contributed by atoms with E-state index >= 15 is 0 Å². The van der Waals surface area contributed by atoms with Gasteiger partial charge in [-0.05, 0) is 35.1 Å². The number of fused-ring (bicyclic) bond motifs is 3. The first-order valence-corrected chi connectivity index (χ1v) is 11.1. The molecule has 1 fully saturated rings. The maximum Gasteiger partial charge on any atom is 0.407 e. The summed E-state index contributed by atoms with van der Waals surface area (Å²) < 4.78 is 11.0. The number of rotatable bonds is 8. The van der Waals surface area contributed by atoms with Crippen molar-refractivity contribution in [3.05, 3.63) is 59.7 Å². The third kappa shape index (κ3) is 5.17. The van der Waals surface area contributed by atoms with Crippen LogP contribution < -0.4 is 5.32 Å². The van der Waals surface area contributed by atoms with Crippen molar-refractivity contribution in [1.29, 1.82) is 0 Å². The van der Waals surface area contributed by atoms with Gasteiger partial charge < -0.3 is 24.8 Å². The molecule has 2 aromatic carbocycles. The van der Waals surface area contributed by atoms with E-state index in [2.05, 4.69) is 5.32 Å². The number of carboxylic acids is 1. The number of aliphatic carboxylic acids is 1. The Labute approximate surface area is 192 Å². The SMILES string of the molecule is CN(CC1CCCO1)C(=O)C(CC(=O)O)NC(=O)OCC1c2ccccc2-c2ccccc21. The molecule has 174 valence electrons. The van der Waals surface area contributed by atoms with E-state index in [1.165, 1.54) is 4.90 Å². The Balaban J connectivity index is 1.39. The van der Waals surface area contributed by atoms with Crippen molar-refractivity contribution < 1.29 is 29.0 Å². The van der Waals surface area contributed by atoms with Crippen LogP contribution in [0.15, 0.2) is 48.5 Å². The summed E-state index contributed by atoms with van der Waals surface area (Å²) in [6.45, 7) is 1.09. The third-order valence-electron chi connectivity index (χ3n) is 6.19. The maximum absolute atomic E-state index is 12.8. The Kier molecular flexibility index (Phi) is 6.93. The molecule has 0 bridgehead atoms. The Morgan fingerprint density at radius 3 is 2.33 bits per heavy atom. The lowest BCUT2D eigenvalue weighted by Crippen LogP contribution is -2.50. The van der Waals surface area contributed by atoms with Gasteiger partial charge >= 0.3 is 12.1 Å². The molecular formula is C25H28N2O6. The normalized spacial score (nSPS) is 17.7. The highest BCUT2D eigenvalue weighted by Crippen LogP contribution is 2.44. The number of hydrogen-bond donors (Lipinski definition) is 2. The van der Waals surface area contributed by atoms with Crippen molar-refractivity contribution in [2.24, 2.45) is 0 Å². The number of carbonyl (C=O) groups excluding carboxylic acids is 2. The van der Waals surface area contributed by atoms with Gasteiger partial charge in [-0.1, -0.05) is 48.5 Å². The second-order valence-corrected chi connectivity index (χ2v) is 8.47. The lowest BCUT2D eigenvalue weighted by atomic mass is 9.98. The Bertz CT molecular complexity index is 988. The minimum atomic E-state index is -1.22. The molecule has 2 N–H and O–H groups in total. The van der Waals surface area contributed by atoms with E-state index in [-0.39, 0.29) is 18.6 Å². The van der Waals surface area contributed by atoms with E-state index < -0.39 is 30.4 Å². The van der Waals surface area contributed by atoms with Gasteiger partial charge in [0.1, 0.15) is 12.6 Å².